The molecule has 0 radical (unpaired) electrons. The minimum Gasteiger partial charge on any atom is -0.290 e. The molecule has 1 N–H and O–H groups in total. The van der Waals surface area contributed by atoms with E-state index in [-0.39, 0.29) is 5.69 Å². The second-order valence-electron chi connectivity index (χ2n) is 8.23. The molecule has 0 aliphatic rings. The van der Waals surface area contributed by atoms with Crippen molar-refractivity contribution in [3.8, 4) is 28.3 Å². The van der Waals surface area contributed by atoms with Gasteiger partial charge in [-0.05, 0) is 52.6 Å². The monoisotopic (exact) mass is 485 g/mol. The predicted molar refractivity (Wildman–Crippen MR) is 136 cm³/mol. The molecule has 0 unspecified atom stereocenters. The first kappa shape index (κ1) is 22.7. The smallest absolute Gasteiger partial charge is 0.290 e. The van der Waals surface area contributed by atoms with Gasteiger partial charge in [0.25, 0.3) is 0 Å². The van der Waals surface area contributed by atoms with Crippen LogP contribution in [0.3, 0.4) is 0 Å². The first-order chi connectivity index (χ1) is 17.2. The van der Waals surface area contributed by atoms with Gasteiger partial charge in [-0.2, -0.15) is 0 Å². The number of halogens is 1. The summed E-state index contributed by atoms with van der Waals surface area (Å²) in [5.74, 6) is 0.508. The molecule has 35 heavy (non-hydrogen) atoms. The van der Waals surface area contributed by atoms with Crippen molar-refractivity contribution >= 4 is 11.6 Å². The summed E-state index contributed by atoms with van der Waals surface area (Å²) in [7, 11) is 0. The van der Waals surface area contributed by atoms with Gasteiger partial charge in [0, 0.05) is 11.8 Å². The van der Waals surface area contributed by atoms with E-state index in [1.54, 1.807) is 15.3 Å². The summed E-state index contributed by atoms with van der Waals surface area (Å²) in [6, 6.07) is 21.5. The van der Waals surface area contributed by atoms with Gasteiger partial charge in [0.1, 0.15) is 10.8 Å². The van der Waals surface area contributed by atoms with Crippen LogP contribution in [-0.2, 0) is 13.0 Å². The number of nitrogens with one attached hydrogen (secondary N) is 1. The van der Waals surface area contributed by atoms with E-state index in [1.807, 2.05) is 66.7 Å². The standard InChI is InChI=1S/C26H24ClN7O/c1-2-3-11-22-24(27)34(20-8-5-4-6-9-20)26(35)33(22)17-18-12-14-19(15-13-18)21-10-7-16-28-23(21)25-29-31-32-30-25/h4-10,12-16H,2-3,11,17H2,1H3,(H,29,30,31,32). The number of imidazole rings is 1. The number of aromatic amines is 1. The molecule has 0 atom stereocenters. The maximum absolute atomic E-state index is 13.5. The van der Waals surface area contributed by atoms with Gasteiger partial charge >= 0.3 is 5.69 Å². The van der Waals surface area contributed by atoms with Crippen LogP contribution in [0.4, 0.5) is 0 Å². The number of H-pyrrole nitrogens is 1. The zero-order valence-electron chi connectivity index (χ0n) is 19.2. The van der Waals surface area contributed by atoms with Crippen molar-refractivity contribution in [2.75, 3.05) is 0 Å². The number of hydrogen-bond donors (Lipinski definition) is 1. The fraction of sp³-hybridized carbons (Fsp3) is 0.192. The molecule has 176 valence electrons. The van der Waals surface area contributed by atoms with Gasteiger partial charge in [-0.15, -0.1) is 5.10 Å². The van der Waals surface area contributed by atoms with Crippen LogP contribution in [0, 0.1) is 0 Å². The Hall–Kier alpha value is -4.04. The average molecular weight is 486 g/mol. The summed E-state index contributed by atoms with van der Waals surface area (Å²) in [6.07, 6.45) is 4.43. The highest BCUT2D eigenvalue weighted by Crippen LogP contribution is 2.28. The molecule has 3 heterocycles. The Labute approximate surface area is 207 Å². The van der Waals surface area contributed by atoms with Gasteiger partial charge in [-0.3, -0.25) is 14.1 Å². The third kappa shape index (κ3) is 4.52. The Morgan fingerprint density at radius 2 is 1.80 bits per heavy atom. The molecule has 0 fully saturated rings. The highest BCUT2D eigenvalue weighted by Gasteiger charge is 2.19. The normalized spacial score (nSPS) is 11.1. The molecule has 2 aromatic carbocycles. The first-order valence-corrected chi connectivity index (χ1v) is 11.9. The van der Waals surface area contributed by atoms with Crippen molar-refractivity contribution in [2.45, 2.75) is 32.7 Å². The molecular weight excluding hydrogens is 462 g/mol. The van der Waals surface area contributed by atoms with E-state index in [1.165, 1.54) is 0 Å². The van der Waals surface area contributed by atoms with Crippen LogP contribution < -0.4 is 5.69 Å². The topological polar surface area (TPSA) is 94.3 Å². The van der Waals surface area contributed by atoms with Crippen molar-refractivity contribution in [1.29, 1.82) is 0 Å². The molecule has 0 bridgehead atoms. The number of unbranched alkanes of at least 4 members (excludes halogenated alkanes) is 1. The van der Waals surface area contributed by atoms with E-state index < -0.39 is 0 Å². The Morgan fingerprint density at radius 1 is 1.00 bits per heavy atom. The molecule has 0 saturated carbocycles. The van der Waals surface area contributed by atoms with Gasteiger partial charge in [0.15, 0.2) is 5.82 Å². The van der Waals surface area contributed by atoms with Crippen LogP contribution >= 0.6 is 11.6 Å². The number of tetrazole rings is 1. The number of nitrogens with zero attached hydrogens (tertiary/aromatic N) is 6. The van der Waals surface area contributed by atoms with E-state index in [9.17, 15) is 4.79 Å². The van der Waals surface area contributed by atoms with Crippen molar-refractivity contribution < 1.29 is 0 Å². The number of pyridine rings is 1. The zero-order chi connectivity index (χ0) is 24.2. The maximum Gasteiger partial charge on any atom is 0.334 e. The third-order valence-corrected chi connectivity index (χ3v) is 6.33. The molecule has 0 spiro atoms. The van der Waals surface area contributed by atoms with Crippen LogP contribution in [0.1, 0.15) is 31.0 Å². The molecule has 8 nitrogen and oxygen atoms in total. The van der Waals surface area contributed by atoms with E-state index in [4.69, 9.17) is 11.6 Å². The fourth-order valence-corrected chi connectivity index (χ4v) is 4.53. The lowest BCUT2D eigenvalue weighted by Gasteiger charge is -2.10. The van der Waals surface area contributed by atoms with Crippen LogP contribution in [0.15, 0.2) is 77.7 Å². The molecule has 5 rings (SSSR count). The highest BCUT2D eigenvalue weighted by molar-refractivity contribution is 6.30. The third-order valence-electron chi connectivity index (χ3n) is 5.95. The summed E-state index contributed by atoms with van der Waals surface area (Å²) < 4.78 is 3.38. The molecule has 9 heteroatoms. The Balaban J connectivity index is 1.49. The van der Waals surface area contributed by atoms with Crippen molar-refractivity contribution in [3.05, 3.63) is 99.8 Å². The minimum absolute atomic E-state index is 0.135. The second kappa shape index (κ2) is 10.1. The summed E-state index contributed by atoms with van der Waals surface area (Å²) in [5, 5.41) is 14.6. The number of benzene rings is 2. The van der Waals surface area contributed by atoms with Crippen molar-refractivity contribution in [2.24, 2.45) is 0 Å². The molecular formula is C26H24ClN7O. The SMILES string of the molecule is CCCCc1c(Cl)n(-c2ccccc2)c(=O)n1Cc1ccc(-c2cccnc2-c2nnn[nH]2)cc1. The van der Waals surface area contributed by atoms with Crippen LogP contribution in [0.2, 0.25) is 5.15 Å². The van der Waals surface area contributed by atoms with Crippen molar-refractivity contribution in [1.82, 2.24) is 34.7 Å². The number of para-hydroxylation sites is 1. The highest BCUT2D eigenvalue weighted by atomic mass is 35.5. The largest absolute Gasteiger partial charge is 0.334 e. The van der Waals surface area contributed by atoms with E-state index >= 15 is 0 Å². The molecule has 0 aliphatic heterocycles. The summed E-state index contributed by atoms with van der Waals surface area (Å²) in [5.41, 5.74) is 5.06. The lowest BCUT2D eigenvalue weighted by molar-refractivity contribution is 0.674. The summed E-state index contributed by atoms with van der Waals surface area (Å²) in [4.78, 5) is 17.9. The minimum atomic E-state index is -0.135. The number of hydrogen-bond acceptors (Lipinski definition) is 5. The van der Waals surface area contributed by atoms with E-state index in [0.717, 1.165) is 47.3 Å². The Kier molecular flexibility index (Phi) is 6.54. The van der Waals surface area contributed by atoms with Gasteiger partial charge in [-0.1, -0.05) is 73.5 Å². The van der Waals surface area contributed by atoms with Crippen LogP contribution in [-0.4, -0.2) is 34.7 Å². The molecule has 0 saturated heterocycles. The second-order valence-corrected chi connectivity index (χ2v) is 8.59. The molecule has 0 amide bonds. The molecule has 3 aromatic heterocycles. The first-order valence-electron chi connectivity index (χ1n) is 11.5. The lowest BCUT2D eigenvalue weighted by atomic mass is 10.0. The average Bonchev–Trinajstić information content (AvgIpc) is 3.51. The number of rotatable bonds is 8. The maximum atomic E-state index is 13.5. The van der Waals surface area contributed by atoms with Crippen molar-refractivity contribution in [3.63, 3.8) is 0 Å². The van der Waals surface area contributed by atoms with Gasteiger partial charge in [-0.25, -0.2) is 9.89 Å². The van der Waals surface area contributed by atoms with Gasteiger partial charge in [0.2, 0.25) is 0 Å². The fourth-order valence-electron chi connectivity index (χ4n) is 4.17. The van der Waals surface area contributed by atoms with Crippen LogP contribution in [0.25, 0.3) is 28.3 Å². The Bertz CT molecular complexity index is 1470. The predicted octanol–water partition coefficient (Wildman–Crippen LogP) is 4.93. The van der Waals surface area contributed by atoms with E-state index in [2.05, 4.69) is 32.5 Å². The summed E-state index contributed by atoms with van der Waals surface area (Å²) in [6.45, 7) is 2.56. The Morgan fingerprint density at radius 3 is 2.51 bits per heavy atom. The van der Waals surface area contributed by atoms with E-state index in [0.29, 0.717) is 23.2 Å². The lowest BCUT2D eigenvalue weighted by Crippen LogP contribution is -2.24. The van der Waals surface area contributed by atoms with Gasteiger partial charge in [0.05, 0.1) is 17.9 Å². The van der Waals surface area contributed by atoms with Crippen LogP contribution in [0.5, 0.6) is 0 Å². The van der Waals surface area contributed by atoms with Gasteiger partial charge < -0.3 is 0 Å². The summed E-state index contributed by atoms with van der Waals surface area (Å²) >= 11 is 6.76. The molecule has 0 aliphatic carbocycles. The zero-order valence-corrected chi connectivity index (χ0v) is 20.0. The quantitative estimate of drug-likeness (QED) is 0.336. The number of aromatic nitrogens is 7. The molecule has 5 aromatic rings.